The predicted octanol–water partition coefficient (Wildman–Crippen LogP) is 3.76. The second-order valence-electron chi connectivity index (χ2n) is 7.38. The van der Waals surface area contributed by atoms with E-state index in [1.807, 2.05) is 18.2 Å². The van der Waals surface area contributed by atoms with Crippen molar-refractivity contribution in [2.75, 3.05) is 26.2 Å². The Morgan fingerprint density at radius 3 is 2.59 bits per heavy atom. The van der Waals surface area contributed by atoms with Crippen molar-refractivity contribution >= 4 is 31.6 Å². The van der Waals surface area contributed by atoms with Crippen LogP contribution in [0.3, 0.4) is 0 Å². The van der Waals surface area contributed by atoms with Gasteiger partial charge in [0.25, 0.3) is 0 Å². The molecule has 1 aromatic heterocycles. The molecule has 29 heavy (non-hydrogen) atoms. The van der Waals surface area contributed by atoms with E-state index in [2.05, 4.69) is 17.9 Å². The number of hydrogen-bond donors (Lipinski definition) is 0. The van der Waals surface area contributed by atoms with Gasteiger partial charge in [-0.25, -0.2) is 17.8 Å². The molecule has 4 rings (SSSR count). The lowest BCUT2D eigenvalue weighted by molar-refractivity contribution is 0.218. The van der Waals surface area contributed by atoms with Gasteiger partial charge in [-0.05, 0) is 56.3 Å². The Labute approximate surface area is 174 Å². The van der Waals surface area contributed by atoms with Crippen LogP contribution in [0.25, 0.3) is 10.2 Å². The van der Waals surface area contributed by atoms with Crippen LogP contribution in [0.5, 0.6) is 0 Å². The number of thiazole rings is 1. The monoisotopic (exact) mass is 433 g/mol. The highest BCUT2D eigenvalue weighted by Crippen LogP contribution is 2.24. The molecule has 0 saturated carbocycles. The number of halogens is 1. The average Bonchev–Trinajstić information content (AvgIpc) is 2.93. The van der Waals surface area contributed by atoms with Crippen molar-refractivity contribution in [3.8, 4) is 0 Å². The molecule has 2 heterocycles. The second kappa shape index (κ2) is 8.47. The average molecular weight is 434 g/mol. The van der Waals surface area contributed by atoms with Crippen molar-refractivity contribution in [2.45, 2.75) is 30.7 Å². The number of fused-ring (bicyclic) bond motifs is 1. The van der Waals surface area contributed by atoms with E-state index in [1.165, 1.54) is 33.3 Å². The summed E-state index contributed by atoms with van der Waals surface area (Å²) in [6.07, 6.45) is 1.62. The summed E-state index contributed by atoms with van der Waals surface area (Å²) in [6.45, 7) is 4.61. The number of benzene rings is 2. The Morgan fingerprint density at radius 1 is 1.07 bits per heavy atom. The zero-order valence-corrected chi connectivity index (χ0v) is 17.9. The standard InChI is InChI=1S/C21H24FN3O2S2/c1-16(15-21-23-19-5-2-3-6-20(19)28-21)24-11-4-12-25(14-13-24)29(26,27)18-9-7-17(22)8-10-18/h2-3,5-10,16H,4,11-15H2,1H3/t16-/m1/s1. The lowest BCUT2D eigenvalue weighted by Gasteiger charge is -2.27. The van der Waals surface area contributed by atoms with Crippen LogP contribution >= 0.6 is 11.3 Å². The molecule has 5 nitrogen and oxygen atoms in total. The molecular formula is C21H24FN3O2S2. The maximum absolute atomic E-state index is 13.1. The van der Waals surface area contributed by atoms with Gasteiger partial charge in [-0.15, -0.1) is 11.3 Å². The summed E-state index contributed by atoms with van der Waals surface area (Å²) >= 11 is 1.72. The van der Waals surface area contributed by atoms with Crippen LogP contribution in [0.4, 0.5) is 4.39 Å². The Kier molecular flexibility index (Phi) is 5.96. The Morgan fingerprint density at radius 2 is 1.83 bits per heavy atom. The van der Waals surface area contributed by atoms with Gasteiger partial charge in [-0.1, -0.05) is 12.1 Å². The first-order valence-electron chi connectivity index (χ1n) is 9.78. The van der Waals surface area contributed by atoms with Gasteiger partial charge in [0.2, 0.25) is 10.0 Å². The van der Waals surface area contributed by atoms with Gasteiger partial charge in [-0.2, -0.15) is 4.31 Å². The fourth-order valence-electron chi connectivity index (χ4n) is 3.74. The Hall–Kier alpha value is -1.87. The van der Waals surface area contributed by atoms with E-state index in [0.717, 1.165) is 29.9 Å². The van der Waals surface area contributed by atoms with Crippen molar-refractivity contribution in [2.24, 2.45) is 0 Å². The van der Waals surface area contributed by atoms with Crippen LogP contribution in [0.15, 0.2) is 53.4 Å². The smallest absolute Gasteiger partial charge is 0.243 e. The molecule has 0 N–H and O–H groups in total. The first kappa shape index (κ1) is 20.4. The van der Waals surface area contributed by atoms with Crippen LogP contribution in [0.1, 0.15) is 18.4 Å². The molecule has 1 saturated heterocycles. The lowest BCUT2D eigenvalue weighted by Crippen LogP contribution is -2.39. The zero-order chi connectivity index (χ0) is 20.4. The summed E-state index contributed by atoms with van der Waals surface area (Å²) in [5.74, 6) is -0.435. The number of hydrogen-bond acceptors (Lipinski definition) is 5. The number of nitrogens with zero attached hydrogens (tertiary/aromatic N) is 3. The van der Waals surface area contributed by atoms with E-state index < -0.39 is 15.8 Å². The molecule has 0 amide bonds. The highest BCUT2D eigenvalue weighted by molar-refractivity contribution is 7.89. The molecule has 1 aliphatic heterocycles. The van der Waals surface area contributed by atoms with Crippen LogP contribution in [0.2, 0.25) is 0 Å². The van der Waals surface area contributed by atoms with Crippen LogP contribution in [-0.4, -0.2) is 54.8 Å². The second-order valence-corrected chi connectivity index (χ2v) is 10.4. The molecule has 1 atom stereocenters. The molecule has 8 heteroatoms. The molecule has 3 aromatic rings. The number of sulfonamides is 1. The highest BCUT2D eigenvalue weighted by atomic mass is 32.2. The first-order valence-corrected chi connectivity index (χ1v) is 12.0. The van der Waals surface area contributed by atoms with E-state index >= 15 is 0 Å². The van der Waals surface area contributed by atoms with Crippen LogP contribution in [0, 0.1) is 5.82 Å². The van der Waals surface area contributed by atoms with Crippen LogP contribution in [-0.2, 0) is 16.4 Å². The van der Waals surface area contributed by atoms with Gasteiger partial charge in [-0.3, -0.25) is 4.90 Å². The third kappa shape index (κ3) is 4.50. The third-order valence-corrected chi connectivity index (χ3v) is 8.34. The summed E-state index contributed by atoms with van der Waals surface area (Å²) in [5.41, 5.74) is 1.03. The van der Waals surface area contributed by atoms with Gasteiger partial charge in [0.1, 0.15) is 5.82 Å². The van der Waals surface area contributed by atoms with E-state index in [0.29, 0.717) is 19.6 Å². The topological polar surface area (TPSA) is 53.5 Å². The fourth-order valence-corrected chi connectivity index (χ4v) is 6.30. The fraction of sp³-hybridized carbons (Fsp3) is 0.381. The maximum atomic E-state index is 13.1. The van der Waals surface area contributed by atoms with E-state index in [4.69, 9.17) is 4.98 Å². The minimum absolute atomic E-state index is 0.148. The Balaban J connectivity index is 1.42. The van der Waals surface area contributed by atoms with Gasteiger partial charge < -0.3 is 0 Å². The van der Waals surface area contributed by atoms with Gasteiger partial charge in [0, 0.05) is 32.1 Å². The molecule has 0 unspecified atom stereocenters. The molecule has 0 aliphatic carbocycles. The zero-order valence-electron chi connectivity index (χ0n) is 16.3. The highest BCUT2D eigenvalue weighted by Gasteiger charge is 2.28. The lowest BCUT2D eigenvalue weighted by atomic mass is 10.2. The van der Waals surface area contributed by atoms with E-state index in [1.54, 1.807) is 11.3 Å². The summed E-state index contributed by atoms with van der Waals surface area (Å²) in [4.78, 5) is 7.21. The molecular weight excluding hydrogens is 409 g/mol. The van der Waals surface area contributed by atoms with Crippen molar-refractivity contribution in [1.82, 2.24) is 14.2 Å². The van der Waals surface area contributed by atoms with Crippen molar-refractivity contribution < 1.29 is 12.8 Å². The summed E-state index contributed by atoms with van der Waals surface area (Å²) in [6, 6.07) is 13.5. The largest absolute Gasteiger partial charge is 0.299 e. The molecule has 0 bridgehead atoms. The maximum Gasteiger partial charge on any atom is 0.243 e. The molecule has 1 aliphatic rings. The SMILES string of the molecule is C[C@H](Cc1nc2ccccc2s1)N1CCCN(S(=O)(=O)c2ccc(F)cc2)CC1. The number of aromatic nitrogens is 1. The predicted molar refractivity (Wildman–Crippen MR) is 114 cm³/mol. The minimum Gasteiger partial charge on any atom is -0.299 e. The van der Waals surface area contributed by atoms with Crippen LogP contribution < -0.4 is 0 Å². The quantitative estimate of drug-likeness (QED) is 0.615. The molecule has 2 aromatic carbocycles. The van der Waals surface area contributed by atoms with Gasteiger partial charge >= 0.3 is 0 Å². The van der Waals surface area contributed by atoms with Gasteiger partial charge in [0.05, 0.1) is 20.1 Å². The van der Waals surface area contributed by atoms with Crippen molar-refractivity contribution in [3.05, 3.63) is 59.4 Å². The molecule has 0 spiro atoms. The van der Waals surface area contributed by atoms with Gasteiger partial charge in [0.15, 0.2) is 0 Å². The molecule has 154 valence electrons. The third-order valence-electron chi connectivity index (χ3n) is 5.37. The Bertz CT molecular complexity index is 1050. The van der Waals surface area contributed by atoms with Crippen molar-refractivity contribution in [1.29, 1.82) is 0 Å². The van der Waals surface area contributed by atoms with E-state index in [9.17, 15) is 12.8 Å². The summed E-state index contributed by atoms with van der Waals surface area (Å²) in [5, 5.41) is 1.11. The minimum atomic E-state index is -3.60. The summed E-state index contributed by atoms with van der Waals surface area (Å²) in [7, 11) is -3.60. The normalized spacial score (nSPS) is 18.0. The number of para-hydroxylation sites is 1. The first-order chi connectivity index (χ1) is 13.9. The molecule has 0 radical (unpaired) electrons. The number of rotatable bonds is 5. The van der Waals surface area contributed by atoms with E-state index in [-0.39, 0.29) is 10.9 Å². The molecule has 1 fully saturated rings. The summed E-state index contributed by atoms with van der Waals surface area (Å²) < 4.78 is 41.7. The van der Waals surface area contributed by atoms with Crippen molar-refractivity contribution in [3.63, 3.8) is 0 Å².